The molecule has 214 valence electrons. The van der Waals surface area contributed by atoms with Crippen LogP contribution in [0.4, 0.5) is 21.8 Å². The smallest absolute Gasteiger partial charge is 0.278 e. The van der Waals surface area contributed by atoms with E-state index >= 15 is 4.39 Å². The summed E-state index contributed by atoms with van der Waals surface area (Å²) in [5.41, 5.74) is 3.65. The van der Waals surface area contributed by atoms with Crippen molar-refractivity contribution in [1.29, 1.82) is 0 Å². The number of carbonyl (C=O) groups is 1. The zero-order valence-electron chi connectivity index (χ0n) is 23.1. The molecule has 0 atom stereocenters. The van der Waals surface area contributed by atoms with Crippen molar-refractivity contribution in [3.05, 3.63) is 69.9 Å². The van der Waals surface area contributed by atoms with Gasteiger partial charge in [0.05, 0.1) is 6.54 Å². The molecule has 0 unspecified atom stereocenters. The van der Waals surface area contributed by atoms with Gasteiger partial charge in [0, 0.05) is 43.0 Å². The third kappa shape index (κ3) is 3.92. The Kier molecular flexibility index (Phi) is 5.52. The number of fused-ring (bicyclic) bond motifs is 7. The van der Waals surface area contributed by atoms with E-state index in [0.717, 1.165) is 18.8 Å². The van der Waals surface area contributed by atoms with Crippen LogP contribution in [0.1, 0.15) is 36.8 Å². The summed E-state index contributed by atoms with van der Waals surface area (Å²) in [6.07, 6.45) is 9.09. The number of amides is 1. The fourth-order valence-electron chi connectivity index (χ4n) is 6.57. The highest BCUT2D eigenvalue weighted by molar-refractivity contribution is 5.96. The van der Waals surface area contributed by atoms with Gasteiger partial charge in [-0.15, -0.1) is 0 Å². The van der Waals surface area contributed by atoms with Gasteiger partial charge < -0.3 is 15.0 Å². The maximum absolute atomic E-state index is 15.7. The molecule has 2 bridgehead atoms. The van der Waals surface area contributed by atoms with E-state index in [9.17, 15) is 9.59 Å². The summed E-state index contributed by atoms with van der Waals surface area (Å²) in [7, 11) is 2.15. The minimum atomic E-state index is -0.698. The van der Waals surface area contributed by atoms with Crippen LogP contribution < -0.4 is 20.5 Å². The lowest BCUT2D eigenvalue weighted by atomic mass is 9.87. The highest BCUT2D eigenvalue weighted by Gasteiger charge is 2.48. The molecule has 11 nitrogen and oxygen atoms in total. The molecular weight excluding hydrogens is 539 g/mol. The van der Waals surface area contributed by atoms with Gasteiger partial charge in [-0.1, -0.05) is 18.2 Å². The van der Waals surface area contributed by atoms with Crippen molar-refractivity contribution < 1.29 is 13.9 Å². The summed E-state index contributed by atoms with van der Waals surface area (Å²) in [6.45, 7) is 2.39. The molecule has 4 aliphatic rings. The number of benzene rings is 1. The van der Waals surface area contributed by atoms with Gasteiger partial charge in [0.1, 0.15) is 5.39 Å². The lowest BCUT2D eigenvalue weighted by molar-refractivity contribution is -0.121. The summed E-state index contributed by atoms with van der Waals surface area (Å²) >= 11 is 0. The number of carbonyl (C=O) groups excluding carboxylic acids is 1. The first-order chi connectivity index (χ1) is 20.4. The van der Waals surface area contributed by atoms with Crippen molar-refractivity contribution in [3.63, 3.8) is 0 Å². The second-order valence-electron chi connectivity index (χ2n) is 11.6. The summed E-state index contributed by atoms with van der Waals surface area (Å²) in [4.78, 5) is 43.8. The van der Waals surface area contributed by atoms with Crippen molar-refractivity contribution in [1.82, 2.24) is 29.2 Å². The molecule has 8 rings (SSSR count). The van der Waals surface area contributed by atoms with Crippen LogP contribution in [-0.4, -0.2) is 61.9 Å². The van der Waals surface area contributed by atoms with Crippen molar-refractivity contribution in [2.75, 3.05) is 37.0 Å². The van der Waals surface area contributed by atoms with Gasteiger partial charge in [-0.25, -0.2) is 23.7 Å². The molecule has 12 heteroatoms. The van der Waals surface area contributed by atoms with Crippen LogP contribution in [0.3, 0.4) is 0 Å². The van der Waals surface area contributed by atoms with Crippen LogP contribution >= 0.6 is 0 Å². The number of rotatable bonds is 2. The number of allylic oxidation sites excluding steroid dienone is 2. The van der Waals surface area contributed by atoms with Crippen LogP contribution in [-0.2, 0) is 23.3 Å². The van der Waals surface area contributed by atoms with E-state index in [-0.39, 0.29) is 64.4 Å². The first-order valence-corrected chi connectivity index (χ1v) is 14.3. The minimum absolute atomic E-state index is 0.144. The molecule has 1 fully saturated rings. The normalized spacial score (nSPS) is 19.1. The summed E-state index contributed by atoms with van der Waals surface area (Å²) in [5.74, 6) is -0.399. The standard InChI is InChI=1S/C30H29FN8O3/c1-36-15-18-12-19(6-7-21(18)30(17-36)8-9-30)33-29-32-14-20-25(35-29)39-26-22(31)13-23-27(34-26)37(24(40)16-42-23)10-4-2-3-5-11-38(39)28(20)41/h3,5-7,12-14H,2,4,8-11,15-17H2,1H3,(H,32,33,35). The van der Waals surface area contributed by atoms with Crippen LogP contribution in [0.15, 0.2) is 47.4 Å². The molecule has 1 N–H and O–H groups in total. The summed E-state index contributed by atoms with van der Waals surface area (Å²) in [5, 5.41) is 3.52. The zero-order valence-corrected chi connectivity index (χ0v) is 23.1. The van der Waals surface area contributed by atoms with Crippen LogP contribution in [0.2, 0.25) is 0 Å². The Hall–Kier alpha value is -4.58. The molecule has 1 saturated carbocycles. The number of halogens is 1. The first kappa shape index (κ1) is 25.2. The second kappa shape index (κ2) is 9.21. The summed E-state index contributed by atoms with van der Waals surface area (Å²) < 4.78 is 24.0. The van der Waals surface area contributed by atoms with E-state index in [0.29, 0.717) is 19.4 Å². The highest BCUT2D eigenvalue weighted by atomic mass is 19.1. The number of anilines is 3. The molecule has 4 aromatic rings. The Labute approximate surface area is 240 Å². The molecular formula is C30H29FN8O3. The van der Waals surface area contributed by atoms with Gasteiger partial charge in [-0.2, -0.15) is 4.98 Å². The molecule has 42 heavy (non-hydrogen) atoms. The van der Waals surface area contributed by atoms with E-state index in [4.69, 9.17) is 9.72 Å². The lowest BCUT2D eigenvalue weighted by Crippen LogP contribution is -2.40. The number of aromatic nitrogens is 5. The average Bonchev–Trinajstić information content (AvgIpc) is 3.67. The number of hydrogen-bond acceptors (Lipinski definition) is 8. The van der Waals surface area contributed by atoms with E-state index < -0.39 is 5.82 Å². The topological polar surface area (TPSA) is 110 Å². The van der Waals surface area contributed by atoms with Crippen LogP contribution in [0, 0.1) is 5.82 Å². The van der Waals surface area contributed by atoms with E-state index in [1.807, 2.05) is 18.2 Å². The average molecular weight is 569 g/mol. The fourth-order valence-corrected chi connectivity index (χ4v) is 6.57. The maximum Gasteiger partial charge on any atom is 0.278 e. The highest BCUT2D eigenvalue weighted by Crippen LogP contribution is 2.52. The Morgan fingerprint density at radius 3 is 2.83 bits per heavy atom. The molecule has 1 aliphatic carbocycles. The number of likely N-dealkylation sites (N-methyl/N-ethyl adjacent to an activating group) is 1. The summed E-state index contributed by atoms with van der Waals surface area (Å²) in [6, 6.07) is 7.59. The lowest BCUT2D eigenvalue weighted by Gasteiger charge is -2.32. The van der Waals surface area contributed by atoms with Gasteiger partial charge in [0.15, 0.2) is 35.5 Å². The van der Waals surface area contributed by atoms with Crippen molar-refractivity contribution in [2.24, 2.45) is 0 Å². The molecule has 6 heterocycles. The van der Waals surface area contributed by atoms with Gasteiger partial charge in [-0.05, 0) is 56.0 Å². The van der Waals surface area contributed by atoms with Crippen molar-refractivity contribution in [3.8, 4) is 11.6 Å². The largest absolute Gasteiger partial charge is 0.480 e. The molecule has 1 aromatic carbocycles. The fraction of sp³-hybridized carbons (Fsp3) is 0.367. The number of nitrogens with one attached hydrogen (secondary N) is 1. The maximum atomic E-state index is 15.7. The number of hydrogen-bond donors (Lipinski definition) is 1. The Bertz CT molecular complexity index is 1870. The quantitative estimate of drug-likeness (QED) is 0.367. The van der Waals surface area contributed by atoms with Gasteiger partial charge in [0.2, 0.25) is 5.95 Å². The van der Waals surface area contributed by atoms with Gasteiger partial charge >= 0.3 is 0 Å². The van der Waals surface area contributed by atoms with Crippen LogP contribution in [0.25, 0.3) is 16.9 Å². The van der Waals surface area contributed by atoms with Crippen molar-refractivity contribution >= 4 is 34.4 Å². The van der Waals surface area contributed by atoms with Crippen LogP contribution in [0.5, 0.6) is 5.75 Å². The first-order valence-electron chi connectivity index (χ1n) is 14.3. The molecule has 1 spiro atoms. The molecule has 0 saturated heterocycles. The number of pyridine rings is 1. The zero-order chi connectivity index (χ0) is 28.6. The monoisotopic (exact) mass is 568 g/mol. The SMILES string of the molecule is CN1Cc2cc(Nc3ncc4c(=O)n5n(c4n3)-c3nc4c(cc3F)OCC(=O)N4CCCC=CC5)ccc2C2(CC2)C1. The molecule has 1 amide bonds. The third-order valence-electron chi connectivity index (χ3n) is 8.68. The Balaban J connectivity index is 1.25. The third-order valence-corrected chi connectivity index (χ3v) is 8.68. The Morgan fingerprint density at radius 1 is 1.10 bits per heavy atom. The van der Waals surface area contributed by atoms with E-state index in [1.165, 1.54) is 50.5 Å². The van der Waals surface area contributed by atoms with E-state index in [1.54, 1.807) is 0 Å². The second-order valence-corrected chi connectivity index (χ2v) is 11.6. The number of nitrogens with zero attached hydrogens (tertiary/aromatic N) is 7. The van der Waals surface area contributed by atoms with Crippen molar-refractivity contribution in [2.45, 2.75) is 44.2 Å². The van der Waals surface area contributed by atoms with E-state index in [2.05, 4.69) is 39.4 Å². The van der Waals surface area contributed by atoms with Gasteiger partial charge in [-0.3, -0.25) is 14.5 Å². The predicted molar refractivity (Wildman–Crippen MR) is 154 cm³/mol. The predicted octanol–water partition coefficient (Wildman–Crippen LogP) is 3.41. The molecule has 3 aromatic heterocycles. The Morgan fingerprint density at radius 2 is 1.98 bits per heavy atom. The molecule has 0 radical (unpaired) electrons. The number of ether oxygens (including phenoxy) is 1. The van der Waals surface area contributed by atoms with Gasteiger partial charge in [0.25, 0.3) is 11.5 Å². The minimum Gasteiger partial charge on any atom is -0.480 e. The molecule has 3 aliphatic heterocycles.